The van der Waals surface area contributed by atoms with E-state index in [-0.39, 0.29) is 0 Å². The van der Waals surface area contributed by atoms with Gasteiger partial charge in [-0.15, -0.1) is 0 Å². The molecule has 15 heavy (non-hydrogen) atoms. The molecule has 0 bridgehead atoms. The quantitative estimate of drug-likeness (QED) is 0.838. The Balaban J connectivity index is 1.74. The van der Waals surface area contributed by atoms with Crippen LogP contribution >= 0.6 is 11.8 Å². The van der Waals surface area contributed by atoms with Gasteiger partial charge >= 0.3 is 0 Å². The minimum Gasteiger partial charge on any atom is -0.263 e. The Labute approximate surface area is 94.4 Å². The summed E-state index contributed by atoms with van der Waals surface area (Å²) >= 11 is 2.02. The number of nitrogens with one attached hydrogen (secondary N) is 1. The predicted octanol–water partition coefficient (Wildman–Crippen LogP) is 2.68. The summed E-state index contributed by atoms with van der Waals surface area (Å²) in [5.74, 6) is 5.99. The monoisotopic (exact) mass is 223 g/mol. The fourth-order valence-electron chi connectivity index (χ4n) is 2.59. The van der Waals surface area contributed by atoms with Crippen molar-refractivity contribution in [3.8, 4) is 0 Å². The second-order valence-corrected chi connectivity index (χ2v) is 5.77. The van der Waals surface area contributed by atoms with Gasteiger partial charge in [0.15, 0.2) is 5.82 Å². The molecule has 1 unspecified atom stereocenters. The number of hydrogen-bond donors (Lipinski definition) is 1. The van der Waals surface area contributed by atoms with E-state index in [1.807, 2.05) is 11.8 Å². The number of thioether (sulfide) groups is 1. The molecule has 2 aliphatic rings. The third-order valence-corrected chi connectivity index (χ3v) is 4.72. The van der Waals surface area contributed by atoms with E-state index in [1.54, 1.807) is 0 Å². The standard InChI is InChI=1S/C11H17N3S/c1-2-4-8(3-1)10-12-11(14-13-10)9-5-6-15-7-9/h8-9H,1-7H2,(H,12,13,14). The van der Waals surface area contributed by atoms with Crippen molar-refractivity contribution in [3.05, 3.63) is 11.6 Å². The van der Waals surface area contributed by atoms with Crippen LogP contribution in [0.5, 0.6) is 0 Å². The highest BCUT2D eigenvalue weighted by Crippen LogP contribution is 2.34. The average Bonchev–Trinajstić information content (AvgIpc) is 3.02. The second-order valence-electron chi connectivity index (χ2n) is 4.62. The highest BCUT2D eigenvalue weighted by Gasteiger charge is 2.25. The molecule has 3 rings (SSSR count). The van der Waals surface area contributed by atoms with E-state index >= 15 is 0 Å². The molecule has 1 atom stereocenters. The molecule has 1 aromatic rings. The Bertz CT molecular complexity index is 294. The molecular formula is C11H17N3S. The summed E-state index contributed by atoms with van der Waals surface area (Å²) < 4.78 is 0. The van der Waals surface area contributed by atoms with Crippen molar-refractivity contribution < 1.29 is 0 Å². The molecule has 82 valence electrons. The molecule has 4 heteroatoms. The summed E-state index contributed by atoms with van der Waals surface area (Å²) in [5, 5.41) is 7.55. The zero-order valence-corrected chi connectivity index (χ0v) is 9.72. The first-order valence-corrected chi connectivity index (χ1v) is 7.09. The molecule has 0 radical (unpaired) electrons. The molecule has 1 aliphatic carbocycles. The first kappa shape index (κ1) is 9.70. The summed E-state index contributed by atoms with van der Waals surface area (Å²) in [7, 11) is 0. The van der Waals surface area contributed by atoms with E-state index in [0.717, 1.165) is 11.6 Å². The van der Waals surface area contributed by atoms with Crippen molar-refractivity contribution in [3.63, 3.8) is 0 Å². The summed E-state index contributed by atoms with van der Waals surface area (Å²) in [6.45, 7) is 0. The predicted molar refractivity (Wildman–Crippen MR) is 62.3 cm³/mol. The summed E-state index contributed by atoms with van der Waals surface area (Å²) in [5.41, 5.74) is 0. The summed E-state index contributed by atoms with van der Waals surface area (Å²) in [4.78, 5) is 4.69. The van der Waals surface area contributed by atoms with Crippen LogP contribution in [0.1, 0.15) is 55.6 Å². The molecule has 0 spiro atoms. The number of aromatic amines is 1. The third-order valence-electron chi connectivity index (χ3n) is 3.56. The topological polar surface area (TPSA) is 41.6 Å². The number of aromatic nitrogens is 3. The lowest BCUT2D eigenvalue weighted by molar-refractivity contribution is 0.668. The van der Waals surface area contributed by atoms with Gasteiger partial charge in [0.05, 0.1) is 0 Å². The minimum absolute atomic E-state index is 0.612. The maximum atomic E-state index is 4.69. The molecule has 1 saturated carbocycles. The lowest BCUT2D eigenvalue weighted by Crippen LogP contribution is -1.99. The van der Waals surface area contributed by atoms with Gasteiger partial charge in [-0.1, -0.05) is 12.8 Å². The fourth-order valence-corrected chi connectivity index (χ4v) is 3.81. The van der Waals surface area contributed by atoms with E-state index in [0.29, 0.717) is 11.8 Å². The summed E-state index contributed by atoms with van der Waals surface area (Å²) in [6, 6.07) is 0. The van der Waals surface area contributed by atoms with Gasteiger partial charge in [0.25, 0.3) is 0 Å². The van der Waals surface area contributed by atoms with Gasteiger partial charge in [-0.05, 0) is 25.0 Å². The largest absolute Gasteiger partial charge is 0.263 e. The van der Waals surface area contributed by atoms with Gasteiger partial charge in [0, 0.05) is 17.6 Å². The lowest BCUT2D eigenvalue weighted by atomic mass is 10.1. The van der Waals surface area contributed by atoms with Gasteiger partial charge in [-0.25, -0.2) is 4.98 Å². The first-order valence-electron chi connectivity index (χ1n) is 5.93. The Morgan fingerprint density at radius 1 is 1.13 bits per heavy atom. The van der Waals surface area contributed by atoms with Crippen molar-refractivity contribution in [2.45, 2.75) is 43.9 Å². The molecular weight excluding hydrogens is 206 g/mol. The fraction of sp³-hybridized carbons (Fsp3) is 0.818. The highest BCUT2D eigenvalue weighted by atomic mass is 32.2. The van der Waals surface area contributed by atoms with Gasteiger partial charge in [-0.2, -0.15) is 16.9 Å². The highest BCUT2D eigenvalue weighted by molar-refractivity contribution is 7.99. The Kier molecular flexibility index (Phi) is 2.69. The zero-order chi connectivity index (χ0) is 10.1. The van der Waals surface area contributed by atoms with Crippen LogP contribution in [0.2, 0.25) is 0 Å². The second kappa shape index (κ2) is 4.16. The third kappa shape index (κ3) is 1.92. The number of H-pyrrole nitrogens is 1. The average molecular weight is 223 g/mol. The van der Waals surface area contributed by atoms with Crippen LogP contribution in [0.3, 0.4) is 0 Å². The molecule has 1 aromatic heterocycles. The smallest absolute Gasteiger partial charge is 0.154 e. The lowest BCUT2D eigenvalue weighted by Gasteiger charge is -2.03. The zero-order valence-electron chi connectivity index (χ0n) is 8.91. The van der Waals surface area contributed by atoms with Crippen LogP contribution in [-0.4, -0.2) is 26.7 Å². The van der Waals surface area contributed by atoms with E-state index in [4.69, 9.17) is 4.98 Å². The Morgan fingerprint density at radius 2 is 2.00 bits per heavy atom. The molecule has 1 aliphatic heterocycles. The van der Waals surface area contributed by atoms with Crippen molar-refractivity contribution in [2.75, 3.05) is 11.5 Å². The molecule has 0 aromatic carbocycles. The maximum absolute atomic E-state index is 4.69. The molecule has 0 amide bonds. The van der Waals surface area contributed by atoms with Crippen LogP contribution in [0.15, 0.2) is 0 Å². The van der Waals surface area contributed by atoms with E-state index in [9.17, 15) is 0 Å². The normalized spacial score (nSPS) is 27.6. The van der Waals surface area contributed by atoms with Crippen molar-refractivity contribution in [1.29, 1.82) is 0 Å². The van der Waals surface area contributed by atoms with Gasteiger partial charge < -0.3 is 0 Å². The van der Waals surface area contributed by atoms with Crippen molar-refractivity contribution in [1.82, 2.24) is 15.2 Å². The molecule has 2 heterocycles. The van der Waals surface area contributed by atoms with Crippen LogP contribution in [0.25, 0.3) is 0 Å². The molecule has 2 fully saturated rings. The maximum Gasteiger partial charge on any atom is 0.154 e. The van der Waals surface area contributed by atoms with Crippen LogP contribution < -0.4 is 0 Å². The summed E-state index contributed by atoms with van der Waals surface area (Å²) in [6.07, 6.45) is 6.58. The van der Waals surface area contributed by atoms with Crippen molar-refractivity contribution >= 4 is 11.8 Å². The first-order chi connectivity index (χ1) is 7.43. The Morgan fingerprint density at radius 3 is 2.73 bits per heavy atom. The van der Waals surface area contributed by atoms with E-state index in [1.165, 1.54) is 43.6 Å². The number of nitrogens with zero attached hydrogens (tertiary/aromatic N) is 2. The van der Waals surface area contributed by atoms with Gasteiger partial charge in [0.2, 0.25) is 0 Å². The number of rotatable bonds is 2. The minimum atomic E-state index is 0.612. The number of hydrogen-bond acceptors (Lipinski definition) is 3. The van der Waals surface area contributed by atoms with Crippen molar-refractivity contribution in [2.24, 2.45) is 0 Å². The van der Waals surface area contributed by atoms with Crippen LogP contribution in [0, 0.1) is 0 Å². The van der Waals surface area contributed by atoms with Crippen LogP contribution in [-0.2, 0) is 0 Å². The SMILES string of the molecule is C1CCC(c2nc(C3CCSC3)n[nH]2)C1. The van der Waals surface area contributed by atoms with Gasteiger partial charge in [-0.3, -0.25) is 5.10 Å². The molecule has 1 N–H and O–H groups in total. The van der Waals surface area contributed by atoms with E-state index in [2.05, 4.69) is 10.2 Å². The van der Waals surface area contributed by atoms with Gasteiger partial charge in [0.1, 0.15) is 5.82 Å². The van der Waals surface area contributed by atoms with E-state index < -0.39 is 0 Å². The molecule has 3 nitrogen and oxygen atoms in total. The van der Waals surface area contributed by atoms with Crippen LogP contribution in [0.4, 0.5) is 0 Å². The Hall–Kier alpha value is -0.510. The molecule has 1 saturated heterocycles.